The molecule has 116 valence electrons. The zero-order chi connectivity index (χ0) is 15.3. The highest BCUT2D eigenvalue weighted by Gasteiger charge is 2.44. The van der Waals surface area contributed by atoms with Gasteiger partial charge in [-0.15, -0.1) is 0 Å². The molecule has 0 amide bonds. The lowest BCUT2D eigenvalue weighted by molar-refractivity contribution is -0.239. The number of benzene rings is 2. The van der Waals surface area contributed by atoms with Crippen LogP contribution in [0.15, 0.2) is 60.7 Å². The summed E-state index contributed by atoms with van der Waals surface area (Å²) in [5.74, 6) is 0. The third-order valence-corrected chi connectivity index (χ3v) is 4.61. The number of unbranched alkanes of at least 4 members (excludes halogenated alkanes) is 1. The van der Waals surface area contributed by atoms with Crippen molar-refractivity contribution in [3.63, 3.8) is 0 Å². The minimum atomic E-state index is 0.286. The highest BCUT2D eigenvalue weighted by Crippen LogP contribution is 2.39. The van der Waals surface area contributed by atoms with E-state index in [9.17, 15) is 0 Å². The van der Waals surface area contributed by atoms with E-state index in [1.54, 1.807) is 0 Å². The van der Waals surface area contributed by atoms with Gasteiger partial charge in [-0.1, -0.05) is 80.4 Å². The van der Waals surface area contributed by atoms with Crippen LogP contribution in [-0.2, 0) is 16.9 Å². The average molecular weight is 295 g/mol. The van der Waals surface area contributed by atoms with E-state index in [2.05, 4.69) is 66.6 Å². The molecule has 0 saturated carbocycles. The van der Waals surface area contributed by atoms with Crippen LogP contribution in [0.1, 0.15) is 37.3 Å². The second-order valence-corrected chi connectivity index (χ2v) is 6.31. The summed E-state index contributed by atoms with van der Waals surface area (Å²) in [7, 11) is 0. The lowest BCUT2D eigenvalue weighted by atomic mass is 9.71. The smallest absolute Gasteiger partial charge is 0.0935 e. The van der Waals surface area contributed by atoms with E-state index in [4.69, 9.17) is 4.84 Å². The maximum Gasteiger partial charge on any atom is 0.0935 e. The first-order chi connectivity index (χ1) is 10.8. The van der Waals surface area contributed by atoms with Gasteiger partial charge >= 0.3 is 0 Å². The molecule has 22 heavy (non-hydrogen) atoms. The van der Waals surface area contributed by atoms with Gasteiger partial charge in [0.15, 0.2) is 0 Å². The topological polar surface area (TPSA) is 12.5 Å². The van der Waals surface area contributed by atoms with Crippen LogP contribution in [0.25, 0.3) is 0 Å². The van der Waals surface area contributed by atoms with Crippen LogP contribution in [0.2, 0.25) is 0 Å². The summed E-state index contributed by atoms with van der Waals surface area (Å²) in [4.78, 5) is 5.95. The average Bonchev–Trinajstić information content (AvgIpc) is 2.55. The van der Waals surface area contributed by atoms with Crippen molar-refractivity contribution in [2.24, 2.45) is 0 Å². The number of nitrogens with zero attached hydrogens (tertiary/aromatic N) is 1. The van der Waals surface area contributed by atoms with E-state index in [-0.39, 0.29) is 5.41 Å². The zero-order valence-corrected chi connectivity index (χ0v) is 13.4. The highest BCUT2D eigenvalue weighted by molar-refractivity contribution is 5.29. The molecule has 1 aliphatic heterocycles. The Hall–Kier alpha value is -1.64. The van der Waals surface area contributed by atoms with Gasteiger partial charge in [0.25, 0.3) is 0 Å². The maximum atomic E-state index is 5.95. The van der Waals surface area contributed by atoms with Crippen molar-refractivity contribution in [2.75, 3.05) is 13.1 Å². The molecule has 1 saturated heterocycles. The fourth-order valence-electron chi connectivity index (χ4n) is 3.25. The Kier molecular flexibility index (Phi) is 4.91. The van der Waals surface area contributed by atoms with Gasteiger partial charge in [0.05, 0.1) is 6.61 Å². The fourth-order valence-corrected chi connectivity index (χ4v) is 3.25. The van der Waals surface area contributed by atoms with E-state index in [1.165, 1.54) is 30.4 Å². The third-order valence-electron chi connectivity index (χ3n) is 4.61. The van der Waals surface area contributed by atoms with Crippen molar-refractivity contribution in [3.8, 4) is 0 Å². The summed E-state index contributed by atoms with van der Waals surface area (Å²) in [6.07, 6.45) is 3.78. The first-order valence-corrected chi connectivity index (χ1v) is 8.30. The Bertz CT molecular complexity index is 561. The molecular weight excluding hydrogens is 270 g/mol. The number of hydroxylamine groups is 2. The SMILES string of the molecule is CCCCC1(c2ccccc2)CN(OCc2ccccc2)C1. The van der Waals surface area contributed by atoms with Crippen molar-refractivity contribution < 1.29 is 4.84 Å². The molecule has 0 radical (unpaired) electrons. The first kappa shape index (κ1) is 15.3. The van der Waals surface area contributed by atoms with Crippen molar-refractivity contribution in [3.05, 3.63) is 71.8 Å². The van der Waals surface area contributed by atoms with Gasteiger partial charge in [-0.05, 0) is 17.5 Å². The van der Waals surface area contributed by atoms with Crippen molar-refractivity contribution in [1.82, 2.24) is 5.06 Å². The Morgan fingerprint density at radius 3 is 2.23 bits per heavy atom. The van der Waals surface area contributed by atoms with Crippen LogP contribution in [0.3, 0.4) is 0 Å². The molecule has 0 spiro atoms. The Morgan fingerprint density at radius 2 is 1.59 bits per heavy atom. The van der Waals surface area contributed by atoms with Crippen LogP contribution >= 0.6 is 0 Å². The number of hydrogen-bond acceptors (Lipinski definition) is 2. The molecule has 1 heterocycles. The molecule has 0 aromatic heterocycles. The maximum absolute atomic E-state index is 5.95. The predicted molar refractivity (Wildman–Crippen MR) is 90.4 cm³/mol. The molecule has 1 aliphatic rings. The molecule has 1 fully saturated rings. The summed E-state index contributed by atoms with van der Waals surface area (Å²) >= 11 is 0. The minimum absolute atomic E-state index is 0.286. The first-order valence-electron chi connectivity index (χ1n) is 8.30. The summed E-state index contributed by atoms with van der Waals surface area (Å²) in [5.41, 5.74) is 2.98. The number of rotatable bonds is 7. The van der Waals surface area contributed by atoms with E-state index in [0.717, 1.165) is 13.1 Å². The molecule has 0 bridgehead atoms. The predicted octanol–water partition coefficient (Wildman–Crippen LogP) is 4.56. The quantitative estimate of drug-likeness (QED) is 0.742. The van der Waals surface area contributed by atoms with Gasteiger partial charge in [0, 0.05) is 18.5 Å². The Balaban J connectivity index is 1.59. The molecule has 0 atom stereocenters. The van der Waals surface area contributed by atoms with Gasteiger partial charge in [-0.25, -0.2) is 0 Å². The largest absolute Gasteiger partial charge is 0.294 e. The summed E-state index contributed by atoms with van der Waals surface area (Å²) in [5, 5.41) is 2.12. The van der Waals surface area contributed by atoms with Crippen LogP contribution in [-0.4, -0.2) is 18.2 Å². The molecule has 2 heteroatoms. The molecule has 3 rings (SSSR count). The van der Waals surface area contributed by atoms with Gasteiger partial charge < -0.3 is 0 Å². The molecule has 0 unspecified atom stereocenters. The van der Waals surface area contributed by atoms with Crippen LogP contribution < -0.4 is 0 Å². The molecule has 2 aromatic carbocycles. The molecule has 2 nitrogen and oxygen atoms in total. The second kappa shape index (κ2) is 7.08. The zero-order valence-electron chi connectivity index (χ0n) is 13.4. The van der Waals surface area contributed by atoms with E-state index < -0.39 is 0 Å². The normalized spacial score (nSPS) is 17.1. The summed E-state index contributed by atoms with van der Waals surface area (Å²) in [6.45, 7) is 4.94. The summed E-state index contributed by atoms with van der Waals surface area (Å²) in [6, 6.07) is 21.3. The van der Waals surface area contributed by atoms with Gasteiger partial charge in [-0.3, -0.25) is 4.84 Å². The van der Waals surface area contributed by atoms with Crippen molar-refractivity contribution in [1.29, 1.82) is 0 Å². The van der Waals surface area contributed by atoms with Crippen LogP contribution in [0, 0.1) is 0 Å². The van der Waals surface area contributed by atoms with Crippen molar-refractivity contribution >= 4 is 0 Å². The molecule has 2 aromatic rings. The van der Waals surface area contributed by atoms with Crippen LogP contribution in [0.4, 0.5) is 0 Å². The third kappa shape index (κ3) is 3.40. The van der Waals surface area contributed by atoms with Crippen molar-refractivity contribution in [2.45, 2.75) is 38.2 Å². The van der Waals surface area contributed by atoms with Gasteiger partial charge in [0.1, 0.15) is 0 Å². The van der Waals surface area contributed by atoms with E-state index in [0.29, 0.717) is 6.61 Å². The monoisotopic (exact) mass is 295 g/mol. The van der Waals surface area contributed by atoms with Gasteiger partial charge in [-0.2, -0.15) is 5.06 Å². The lowest BCUT2D eigenvalue weighted by Gasteiger charge is -2.49. The molecule has 0 aliphatic carbocycles. The Labute approximate surface area is 133 Å². The summed E-state index contributed by atoms with van der Waals surface area (Å²) < 4.78 is 0. The second-order valence-electron chi connectivity index (χ2n) is 6.31. The fraction of sp³-hybridized carbons (Fsp3) is 0.400. The highest BCUT2D eigenvalue weighted by atomic mass is 16.7. The number of hydrogen-bond donors (Lipinski definition) is 0. The molecular formula is C20H25NO. The minimum Gasteiger partial charge on any atom is -0.294 e. The lowest BCUT2D eigenvalue weighted by Crippen LogP contribution is -2.58. The van der Waals surface area contributed by atoms with E-state index in [1.807, 2.05) is 6.07 Å². The molecule has 0 N–H and O–H groups in total. The van der Waals surface area contributed by atoms with E-state index >= 15 is 0 Å². The Morgan fingerprint density at radius 1 is 0.955 bits per heavy atom. The standard InChI is InChI=1S/C20H25NO/c1-2-3-14-20(19-12-8-5-9-13-19)16-21(17-20)22-15-18-10-6-4-7-11-18/h4-13H,2-3,14-17H2,1H3. The van der Waals surface area contributed by atoms with Crippen LogP contribution in [0.5, 0.6) is 0 Å². The van der Waals surface area contributed by atoms with Gasteiger partial charge in [0.2, 0.25) is 0 Å².